The predicted octanol–water partition coefficient (Wildman–Crippen LogP) is 1.56. The van der Waals surface area contributed by atoms with E-state index in [0.29, 0.717) is 18.5 Å². The Kier molecular flexibility index (Phi) is 3.52. The second kappa shape index (κ2) is 5.08. The molecule has 0 aliphatic carbocycles. The summed E-state index contributed by atoms with van der Waals surface area (Å²) in [7, 11) is 0. The number of carbonyl (C=O) groups is 2. The summed E-state index contributed by atoms with van der Waals surface area (Å²) in [4.78, 5) is 24.6. The lowest BCUT2D eigenvalue weighted by Gasteiger charge is -2.14. The molecular weight excluding hydrogens is 221 g/mol. The summed E-state index contributed by atoms with van der Waals surface area (Å²) in [6.07, 6.45) is 1.38. The molecule has 0 spiro atoms. The smallest absolute Gasteiger partial charge is 0.223 e. The molecule has 1 aliphatic rings. The molecule has 0 saturated carbocycles. The lowest BCUT2D eigenvalue weighted by atomic mass is 10.1. The minimum absolute atomic E-state index is 0.0203. The van der Waals surface area contributed by atoms with Gasteiger partial charge in [-0.2, -0.15) is 0 Å². The van der Waals surface area contributed by atoms with Gasteiger partial charge in [0, 0.05) is 19.4 Å². The van der Waals surface area contributed by atoms with Crippen LogP contribution >= 0.6 is 0 Å². The number of rotatable bonds is 4. The van der Waals surface area contributed by atoms with Crippen molar-refractivity contribution < 1.29 is 14.0 Å². The van der Waals surface area contributed by atoms with Crippen LogP contribution in [0.25, 0.3) is 0 Å². The monoisotopic (exact) mass is 235 g/mol. The second-order valence-electron chi connectivity index (χ2n) is 4.23. The van der Waals surface area contributed by atoms with E-state index in [1.54, 1.807) is 23.1 Å². The Labute approximate surface area is 99.2 Å². The van der Waals surface area contributed by atoms with Crippen LogP contribution in [0, 0.1) is 5.82 Å². The number of nitrogens with zero attached hydrogens (tertiary/aromatic N) is 1. The number of hydrogen-bond acceptors (Lipinski definition) is 2. The van der Waals surface area contributed by atoms with E-state index in [4.69, 9.17) is 0 Å². The predicted molar refractivity (Wildman–Crippen MR) is 60.9 cm³/mol. The van der Waals surface area contributed by atoms with Crippen molar-refractivity contribution in [2.75, 3.05) is 13.1 Å². The molecule has 0 atom stereocenters. The van der Waals surface area contributed by atoms with E-state index in [0.717, 1.165) is 6.42 Å². The topological polar surface area (TPSA) is 37.4 Å². The zero-order valence-corrected chi connectivity index (χ0v) is 9.49. The van der Waals surface area contributed by atoms with Crippen molar-refractivity contribution >= 4 is 11.7 Å². The van der Waals surface area contributed by atoms with E-state index in [1.807, 2.05) is 0 Å². The van der Waals surface area contributed by atoms with E-state index in [-0.39, 0.29) is 30.5 Å². The van der Waals surface area contributed by atoms with Crippen LogP contribution in [0.1, 0.15) is 18.4 Å². The maximum atomic E-state index is 13.3. The third kappa shape index (κ3) is 2.90. The molecule has 0 aromatic heterocycles. The normalized spacial score (nSPS) is 15.4. The van der Waals surface area contributed by atoms with E-state index in [2.05, 4.69) is 0 Å². The van der Waals surface area contributed by atoms with Crippen molar-refractivity contribution in [3.63, 3.8) is 0 Å². The highest BCUT2D eigenvalue weighted by atomic mass is 19.1. The van der Waals surface area contributed by atoms with Crippen LogP contribution in [0.4, 0.5) is 4.39 Å². The Morgan fingerprint density at radius 2 is 2.12 bits per heavy atom. The summed E-state index contributed by atoms with van der Waals surface area (Å²) in [6, 6.07) is 6.22. The molecule has 1 heterocycles. The van der Waals surface area contributed by atoms with Gasteiger partial charge in [0.25, 0.3) is 0 Å². The van der Waals surface area contributed by atoms with Gasteiger partial charge in [-0.25, -0.2) is 4.39 Å². The number of Topliss-reactive ketones (excluding diaryl/α,β-unsaturated/α-hetero) is 1. The van der Waals surface area contributed by atoms with Crippen LogP contribution in [0.3, 0.4) is 0 Å². The molecule has 90 valence electrons. The van der Waals surface area contributed by atoms with Gasteiger partial charge in [-0.1, -0.05) is 18.2 Å². The standard InChI is InChI=1S/C13H14FNO2/c14-12-5-2-1-4-10(12)8-11(16)9-15-7-3-6-13(15)17/h1-2,4-5H,3,6-9H2. The Morgan fingerprint density at radius 1 is 1.35 bits per heavy atom. The van der Waals surface area contributed by atoms with Gasteiger partial charge in [0.2, 0.25) is 5.91 Å². The van der Waals surface area contributed by atoms with Crippen molar-refractivity contribution in [1.82, 2.24) is 4.90 Å². The second-order valence-corrected chi connectivity index (χ2v) is 4.23. The molecule has 1 aromatic carbocycles. The van der Waals surface area contributed by atoms with Crippen molar-refractivity contribution in [3.05, 3.63) is 35.6 Å². The highest BCUT2D eigenvalue weighted by molar-refractivity contribution is 5.88. The SMILES string of the molecule is O=C(Cc1ccccc1F)CN1CCCC1=O. The number of ketones is 1. The average Bonchev–Trinajstić information content (AvgIpc) is 2.68. The fraction of sp³-hybridized carbons (Fsp3) is 0.385. The van der Waals surface area contributed by atoms with Crippen molar-refractivity contribution in [2.45, 2.75) is 19.3 Å². The first-order valence-electron chi connectivity index (χ1n) is 5.69. The van der Waals surface area contributed by atoms with Crippen LogP contribution in [0.15, 0.2) is 24.3 Å². The minimum atomic E-state index is -0.367. The summed E-state index contributed by atoms with van der Waals surface area (Å²) in [5, 5.41) is 0. The molecule has 1 aromatic rings. The Hall–Kier alpha value is -1.71. The molecule has 3 nitrogen and oxygen atoms in total. The molecule has 1 amide bonds. The molecular formula is C13H14FNO2. The van der Waals surface area contributed by atoms with Gasteiger partial charge in [0.15, 0.2) is 5.78 Å². The summed E-state index contributed by atoms with van der Waals surface area (Å²) >= 11 is 0. The van der Waals surface area contributed by atoms with Crippen LogP contribution in [-0.4, -0.2) is 29.7 Å². The van der Waals surface area contributed by atoms with Crippen LogP contribution in [0.2, 0.25) is 0 Å². The quantitative estimate of drug-likeness (QED) is 0.794. The highest BCUT2D eigenvalue weighted by Crippen LogP contribution is 2.11. The van der Waals surface area contributed by atoms with Crippen molar-refractivity contribution in [1.29, 1.82) is 0 Å². The molecule has 2 rings (SSSR count). The number of hydrogen-bond donors (Lipinski definition) is 0. The molecule has 1 aliphatic heterocycles. The van der Waals surface area contributed by atoms with Gasteiger partial charge >= 0.3 is 0 Å². The van der Waals surface area contributed by atoms with Gasteiger partial charge in [-0.3, -0.25) is 9.59 Å². The lowest BCUT2D eigenvalue weighted by Crippen LogP contribution is -2.31. The minimum Gasteiger partial charge on any atom is -0.335 e. The number of likely N-dealkylation sites (tertiary alicyclic amines) is 1. The van der Waals surface area contributed by atoms with E-state index in [9.17, 15) is 14.0 Å². The van der Waals surface area contributed by atoms with Crippen LogP contribution < -0.4 is 0 Å². The molecule has 1 saturated heterocycles. The Balaban J connectivity index is 1.93. The maximum Gasteiger partial charge on any atom is 0.223 e. The van der Waals surface area contributed by atoms with Gasteiger partial charge in [-0.15, -0.1) is 0 Å². The molecule has 17 heavy (non-hydrogen) atoms. The fourth-order valence-electron chi connectivity index (χ4n) is 1.99. The van der Waals surface area contributed by atoms with Gasteiger partial charge < -0.3 is 4.90 Å². The third-order valence-electron chi connectivity index (χ3n) is 2.88. The third-order valence-corrected chi connectivity index (χ3v) is 2.88. The first-order chi connectivity index (χ1) is 8.16. The van der Waals surface area contributed by atoms with Crippen LogP contribution in [-0.2, 0) is 16.0 Å². The van der Waals surface area contributed by atoms with Crippen molar-refractivity contribution in [2.24, 2.45) is 0 Å². The number of benzene rings is 1. The molecule has 0 bridgehead atoms. The van der Waals surface area contributed by atoms with E-state index in [1.165, 1.54) is 6.07 Å². The zero-order chi connectivity index (χ0) is 12.3. The first-order valence-corrected chi connectivity index (χ1v) is 5.69. The summed E-state index contributed by atoms with van der Waals surface area (Å²) < 4.78 is 13.3. The lowest BCUT2D eigenvalue weighted by molar-refractivity contribution is -0.132. The first kappa shape index (κ1) is 11.8. The number of carbonyl (C=O) groups excluding carboxylic acids is 2. The molecule has 4 heteroatoms. The average molecular weight is 235 g/mol. The van der Waals surface area contributed by atoms with Gasteiger partial charge in [-0.05, 0) is 18.1 Å². The molecule has 0 unspecified atom stereocenters. The van der Waals surface area contributed by atoms with E-state index < -0.39 is 0 Å². The number of halogens is 1. The van der Waals surface area contributed by atoms with Crippen LogP contribution in [0.5, 0.6) is 0 Å². The molecule has 1 fully saturated rings. The fourth-order valence-corrected chi connectivity index (χ4v) is 1.99. The van der Waals surface area contributed by atoms with E-state index >= 15 is 0 Å². The maximum absolute atomic E-state index is 13.3. The zero-order valence-electron chi connectivity index (χ0n) is 9.49. The molecule has 0 N–H and O–H groups in total. The Bertz CT molecular complexity index is 445. The summed E-state index contributed by atoms with van der Waals surface area (Å²) in [5.74, 6) is -0.467. The largest absolute Gasteiger partial charge is 0.335 e. The van der Waals surface area contributed by atoms with Gasteiger partial charge in [0.05, 0.1) is 6.54 Å². The summed E-state index contributed by atoms with van der Waals surface area (Å²) in [5.41, 5.74) is 0.393. The Morgan fingerprint density at radius 3 is 2.76 bits per heavy atom. The number of amides is 1. The molecule has 0 radical (unpaired) electrons. The van der Waals surface area contributed by atoms with Crippen molar-refractivity contribution in [3.8, 4) is 0 Å². The van der Waals surface area contributed by atoms with Gasteiger partial charge in [0.1, 0.15) is 5.82 Å². The highest BCUT2D eigenvalue weighted by Gasteiger charge is 2.22. The summed E-state index contributed by atoms with van der Waals surface area (Å²) in [6.45, 7) is 0.745.